The molecule has 20 heavy (non-hydrogen) atoms. The van der Waals surface area contributed by atoms with E-state index in [9.17, 15) is 9.18 Å². The van der Waals surface area contributed by atoms with Crippen molar-refractivity contribution in [1.82, 2.24) is 0 Å². The van der Waals surface area contributed by atoms with Crippen molar-refractivity contribution in [1.29, 1.82) is 0 Å². The first-order valence-corrected chi connectivity index (χ1v) is 7.58. The summed E-state index contributed by atoms with van der Waals surface area (Å²) in [6, 6.07) is 2.57. The molecule has 0 unspecified atom stereocenters. The Bertz CT molecular complexity index is 480. The number of hydrogen-bond donors (Lipinski definition) is 0. The Morgan fingerprint density at radius 2 is 1.95 bits per heavy atom. The molecule has 0 atom stereocenters. The zero-order valence-corrected chi connectivity index (χ0v) is 12.5. The molecule has 1 aliphatic rings. The maximum Gasteiger partial charge on any atom is 0.162 e. The third-order valence-electron chi connectivity index (χ3n) is 3.85. The Morgan fingerprint density at radius 3 is 2.55 bits per heavy atom. The molecule has 4 heteroatoms. The molecule has 1 aromatic carbocycles. The molecule has 0 bridgehead atoms. The smallest absolute Gasteiger partial charge is 0.162 e. The lowest BCUT2D eigenvalue weighted by atomic mass is 10.0. The van der Waals surface area contributed by atoms with E-state index in [1.807, 2.05) is 0 Å². The molecule has 1 aromatic rings. The van der Waals surface area contributed by atoms with Gasteiger partial charge in [-0.1, -0.05) is 37.3 Å². The minimum Gasteiger partial charge on any atom is -0.492 e. The molecule has 1 aliphatic carbocycles. The molecular formula is C16H20ClFO2. The van der Waals surface area contributed by atoms with Crippen molar-refractivity contribution in [3.05, 3.63) is 28.5 Å². The summed E-state index contributed by atoms with van der Waals surface area (Å²) >= 11 is 6.05. The van der Waals surface area contributed by atoms with Gasteiger partial charge in [0, 0.05) is 6.07 Å². The predicted molar refractivity (Wildman–Crippen MR) is 78.1 cm³/mol. The third kappa shape index (κ3) is 3.95. The summed E-state index contributed by atoms with van der Waals surface area (Å²) < 4.78 is 19.4. The lowest BCUT2D eigenvalue weighted by Gasteiger charge is -2.16. The molecule has 0 amide bonds. The van der Waals surface area contributed by atoms with Crippen LogP contribution in [0.3, 0.4) is 0 Å². The number of halogens is 2. The standard InChI is InChI=1S/C16H20ClFO2/c1-11(19)13-8-14(17)16(9-15(13)18)20-10-12-6-4-2-3-5-7-12/h8-9,12H,2-7,10H2,1H3. The van der Waals surface area contributed by atoms with Crippen LogP contribution in [-0.2, 0) is 0 Å². The van der Waals surface area contributed by atoms with Crippen LogP contribution in [0.15, 0.2) is 12.1 Å². The van der Waals surface area contributed by atoms with E-state index in [0.717, 1.165) is 12.8 Å². The van der Waals surface area contributed by atoms with E-state index < -0.39 is 5.82 Å². The molecule has 0 saturated heterocycles. The first-order valence-electron chi connectivity index (χ1n) is 7.20. The van der Waals surface area contributed by atoms with Gasteiger partial charge in [-0.2, -0.15) is 0 Å². The largest absolute Gasteiger partial charge is 0.492 e. The van der Waals surface area contributed by atoms with Crippen LogP contribution >= 0.6 is 11.6 Å². The summed E-state index contributed by atoms with van der Waals surface area (Å²) in [4.78, 5) is 11.2. The Balaban J connectivity index is 2.02. The van der Waals surface area contributed by atoms with Crippen molar-refractivity contribution in [2.75, 3.05) is 6.61 Å². The van der Waals surface area contributed by atoms with E-state index >= 15 is 0 Å². The maximum atomic E-state index is 13.8. The van der Waals surface area contributed by atoms with Gasteiger partial charge in [-0.15, -0.1) is 0 Å². The van der Waals surface area contributed by atoms with Crippen LogP contribution in [0.1, 0.15) is 55.8 Å². The van der Waals surface area contributed by atoms with Gasteiger partial charge in [-0.05, 0) is 31.7 Å². The summed E-state index contributed by atoms with van der Waals surface area (Å²) in [5.41, 5.74) is 0.0109. The zero-order valence-electron chi connectivity index (χ0n) is 11.8. The number of rotatable bonds is 4. The lowest BCUT2D eigenvalue weighted by molar-refractivity contribution is 0.101. The monoisotopic (exact) mass is 298 g/mol. The molecule has 1 fully saturated rings. The zero-order chi connectivity index (χ0) is 14.5. The normalized spacial score (nSPS) is 16.8. The summed E-state index contributed by atoms with van der Waals surface area (Å²) in [5.74, 6) is -0.0555. The Labute approximate surface area is 124 Å². The summed E-state index contributed by atoms with van der Waals surface area (Å²) in [6.07, 6.45) is 7.37. The molecule has 0 N–H and O–H groups in total. The number of benzene rings is 1. The van der Waals surface area contributed by atoms with E-state index in [0.29, 0.717) is 23.3 Å². The van der Waals surface area contributed by atoms with Crippen molar-refractivity contribution >= 4 is 17.4 Å². The fourth-order valence-corrected chi connectivity index (χ4v) is 2.87. The van der Waals surface area contributed by atoms with E-state index in [1.54, 1.807) is 0 Å². The second kappa shape index (κ2) is 7.07. The van der Waals surface area contributed by atoms with Gasteiger partial charge < -0.3 is 4.74 Å². The van der Waals surface area contributed by atoms with Gasteiger partial charge in [0.25, 0.3) is 0 Å². The van der Waals surface area contributed by atoms with E-state index in [2.05, 4.69) is 0 Å². The maximum absolute atomic E-state index is 13.8. The average Bonchev–Trinajstić information content (AvgIpc) is 2.67. The van der Waals surface area contributed by atoms with E-state index in [-0.39, 0.29) is 11.3 Å². The molecule has 2 rings (SSSR count). The minimum atomic E-state index is -0.572. The van der Waals surface area contributed by atoms with Crippen LogP contribution in [0.5, 0.6) is 5.75 Å². The van der Waals surface area contributed by atoms with Crippen LogP contribution < -0.4 is 4.74 Å². The second-order valence-corrected chi connectivity index (χ2v) is 5.89. The van der Waals surface area contributed by atoms with Gasteiger partial charge >= 0.3 is 0 Å². The van der Waals surface area contributed by atoms with Gasteiger partial charge in [-0.25, -0.2) is 4.39 Å². The highest BCUT2D eigenvalue weighted by Crippen LogP contribution is 2.30. The number of hydrogen-bond acceptors (Lipinski definition) is 2. The van der Waals surface area contributed by atoms with Crippen LogP contribution in [0, 0.1) is 11.7 Å². The fourth-order valence-electron chi connectivity index (χ4n) is 2.65. The van der Waals surface area contributed by atoms with Gasteiger partial charge in [0.2, 0.25) is 0 Å². The van der Waals surface area contributed by atoms with Gasteiger partial charge in [0.15, 0.2) is 5.78 Å². The Kier molecular flexibility index (Phi) is 5.41. The van der Waals surface area contributed by atoms with Crippen molar-refractivity contribution in [3.63, 3.8) is 0 Å². The molecule has 2 nitrogen and oxygen atoms in total. The fraction of sp³-hybridized carbons (Fsp3) is 0.562. The first-order chi connectivity index (χ1) is 9.58. The van der Waals surface area contributed by atoms with Gasteiger partial charge in [0.05, 0.1) is 17.2 Å². The Morgan fingerprint density at radius 1 is 1.30 bits per heavy atom. The molecule has 110 valence electrons. The molecule has 0 heterocycles. The molecule has 0 aromatic heterocycles. The highest BCUT2D eigenvalue weighted by atomic mass is 35.5. The molecule has 0 aliphatic heterocycles. The number of carbonyl (C=O) groups is 1. The van der Waals surface area contributed by atoms with E-state index in [4.69, 9.17) is 16.3 Å². The van der Waals surface area contributed by atoms with Gasteiger partial charge in [-0.3, -0.25) is 4.79 Å². The summed E-state index contributed by atoms with van der Waals surface area (Å²) in [7, 11) is 0. The summed E-state index contributed by atoms with van der Waals surface area (Å²) in [6.45, 7) is 1.89. The quantitative estimate of drug-likeness (QED) is 0.575. The van der Waals surface area contributed by atoms with Crippen LogP contribution in [0.25, 0.3) is 0 Å². The van der Waals surface area contributed by atoms with E-state index in [1.165, 1.54) is 44.7 Å². The first kappa shape index (κ1) is 15.3. The molecule has 0 spiro atoms. The lowest BCUT2D eigenvalue weighted by Crippen LogP contribution is -2.12. The molecule has 1 saturated carbocycles. The number of carbonyl (C=O) groups excluding carboxylic acids is 1. The minimum absolute atomic E-state index is 0.0109. The number of ketones is 1. The van der Waals surface area contributed by atoms with Crippen molar-refractivity contribution < 1.29 is 13.9 Å². The van der Waals surface area contributed by atoms with Gasteiger partial charge in [0.1, 0.15) is 11.6 Å². The highest BCUT2D eigenvalue weighted by molar-refractivity contribution is 6.32. The SMILES string of the molecule is CC(=O)c1cc(Cl)c(OCC2CCCCCC2)cc1F. The summed E-state index contributed by atoms with van der Waals surface area (Å²) in [5, 5.41) is 0.297. The van der Waals surface area contributed by atoms with Crippen molar-refractivity contribution in [2.24, 2.45) is 5.92 Å². The average molecular weight is 299 g/mol. The van der Waals surface area contributed by atoms with Crippen LogP contribution in [0.2, 0.25) is 5.02 Å². The topological polar surface area (TPSA) is 26.3 Å². The second-order valence-electron chi connectivity index (χ2n) is 5.49. The van der Waals surface area contributed by atoms with Crippen molar-refractivity contribution in [3.8, 4) is 5.75 Å². The van der Waals surface area contributed by atoms with Crippen LogP contribution in [0.4, 0.5) is 4.39 Å². The molecular weight excluding hydrogens is 279 g/mol. The highest BCUT2D eigenvalue weighted by Gasteiger charge is 2.16. The number of ether oxygens (including phenoxy) is 1. The third-order valence-corrected chi connectivity index (χ3v) is 4.15. The predicted octanol–water partition coefficient (Wildman–Crippen LogP) is 5.03. The Hall–Kier alpha value is -1.09. The number of Topliss-reactive ketones (excluding diaryl/α,β-unsaturated/α-hetero) is 1. The van der Waals surface area contributed by atoms with Crippen LogP contribution in [-0.4, -0.2) is 12.4 Å². The molecule has 0 radical (unpaired) electrons. The van der Waals surface area contributed by atoms with Crippen molar-refractivity contribution in [2.45, 2.75) is 45.4 Å².